The Bertz CT molecular complexity index is 1080. The molecule has 1 unspecified atom stereocenters. The third-order valence-corrected chi connectivity index (χ3v) is 8.87. The summed E-state index contributed by atoms with van der Waals surface area (Å²) in [5, 5.41) is 2.88. The van der Waals surface area contributed by atoms with Crippen molar-refractivity contribution >= 4 is 19.9 Å². The Morgan fingerprint density at radius 2 is 1.32 bits per heavy atom. The van der Waals surface area contributed by atoms with E-state index >= 15 is 0 Å². The van der Waals surface area contributed by atoms with Crippen LogP contribution in [0.1, 0.15) is 77.5 Å². The summed E-state index contributed by atoms with van der Waals surface area (Å²) in [6.45, 7) is 13.7. The van der Waals surface area contributed by atoms with Crippen molar-refractivity contribution in [3.63, 3.8) is 0 Å². The standard InChI is InChI=1S/C29H33Si.3ClH.Ti/c1-7-8-9-12-26-24-13-10-11-14-25(24)27-16-15-23(17-28(26)27)30-29-21(5)19(3)18(2)20(4)22(29)6;;;;/h10-11,13-16,26H,7-9,12H2,1-6H3;3*1H;/q-1;;;;+4/p-3. The predicted octanol–water partition coefficient (Wildman–Crippen LogP) is -2.61. The van der Waals surface area contributed by atoms with E-state index in [1.54, 1.807) is 0 Å². The van der Waals surface area contributed by atoms with Gasteiger partial charge in [-0.1, -0.05) is 61.2 Å². The first-order chi connectivity index (χ1) is 14.4. The molecule has 0 saturated carbocycles. The molecule has 34 heavy (non-hydrogen) atoms. The van der Waals surface area contributed by atoms with Crippen LogP contribution in [0.3, 0.4) is 0 Å². The molecule has 0 aromatic heterocycles. The molecule has 0 amide bonds. The summed E-state index contributed by atoms with van der Waals surface area (Å²) in [6, 6.07) is 17.6. The van der Waals surface area contributed by atoms with Crippen LogP contribution in [0.15, 0.2) is 36.4 Å². The fourth-order valence-corrected chi connectivity index (χ4v) is 6.40. The second-order valence-electron chi connectivity index (χ2n) is 8.96. The molecule has 0 spiro atoms. The fourth-order valence-electron chi connectivity index (χ4n) is 5.02. The van der Waals surface area contributed by atoms with E-state index < -0.39 is 0 Å². The molecule has 0 aliphatic heterocycles. The van der Waals surface area contributed by atoms with Crippen LogP contribution in [0, 0.1) is 40.7 Å². The van der Waals surface area contributed by atoms with Crippen molar-refractivity contribution in [1.82, 2.24) is 0 Å². The van der Waals surface area contributed by atoms with Crippen molar-refractivity contribution in [2.24, 2.45) is 0 Å². The third-order valence-electron chi connectivity index (χ3n) is 7.31. The molecule has 0 heterocycles. The minimum atomic E-state index is 0. The van der Waals surface area contributed by atoms with E-state index in [-0.39, 0.29) is 58.9 Å². The Balaban J connectivity index is 0.00000272. The van der Waals surface area contributed by atoms with Crippen LogP contribution in [0.5, 0.6) is 0 Å². The van der Waals surface area contributed by atoms with Crippen molar-refractivity contribution in [2.45, 2.75) is 73.1 Å². The van der Waals surface area contributed by atoms with E-state index in [1.807, 2.05) is 0 Å². The zero-order valence-electron chi connectivity index (χ0n) is 21.0. The topological polar surface area (TPSA) is 0 Å². The molecule has 5 heteroatoms. The Kier molecular flexibility index (Phi) is 14.0. The minimum Gasteiger partial charge on any atom is -1.00 e. The quantitative estimate of drug-likeness (QED) is 0.175. The molecular weight excluding hydrogens is 531 g/mol. The second kappa shape index (κ2) is 14.3. The number of unbranched alkanes of at least 4 members (excludes halogenated alkanes) is 2. The van der Waals surface area contributed by atoms with Crippen LogP contribution >= 0.6 is 0 Å². The molecule has 3 aromatic carbocycles. The average molecular weight is 564 g/mol. The van der Waals surface area contributed by atoms with Crippen molar-refractivity contribution in [3.05, 3.63) is 81.4 Å². The van der Waals surface area contributed by atoms with Crippen LogP contribution < -0.4 is 47.6 Å². The fraction of sp³-hybridized carbons (Fsp3) is 0.379. The number of fused-ring (bicyclic) bond motifs is 3. The van der Waals surface area contributed by atoms with Gasteiger partial charge in [-0.3, -0.25) is 0 Å². The molecule has 1 aliphatic rings. The average Bonchev–Trinajstić information content (AvgIpc) is 3.07. The molecule has 1 aliphatic carbocycles. The van der Waals surface area contributed by atoms with Crippen LogP contribution in [0.25, 0.3) is 11.1 Å². The molecule has 178 valence electrons. The monoisotopic (exact) mass is 562 g/mol. The molecule has 0 fully saturated rings. The summed E-state index contributed by atoms with van der Waals surface area (Å²) in [6.07, 6.45) is 5.12. The van der Waals surface area contributed by atoms with E-state index in [0.717, 1.165) is 0 Å². The summed E-state index contributed by atoms with van der Waals surface area (Å²) in [7, 11) is 0.670. The number of hydrogen-bond donors (Lipinski definition) is 0. The van der Waals surface area contributed by atoms with Crippen LogP contribution in [-0.4, -0.2) is 9.52 Å². The van der Waals surface area contributed by atoms with Crippen LogP contribution in [0.2, 0.25) is 0 Å². The van der Waals surface area contributed by atoms with Gasteiger partial charge in [0.25, 0.3) is 0 Å². The Labute approximate surface area is 243 Å². The maximum Gasteiger partial charge on any atom is 4.00 e. The molecule has 3 aromatic rings. The first-order valence-corrected chi connectivity index (χ1v) is 12.4. The molecule has 4 rings (SSSR count). The number of hydrogen-bond acceptors (Lipinski definition) is 0. The van der Waals surface area contributed by atoms with Crippen molar-refractivity contribution in [2.75, 3.05) is 0 Å². The summed E-state index contributed by atoms with van der Waals surface area (Å²) >= 11 is 0. The Morgan fingerprint density at radius 3 is 1.94 bits per heavy atom. The molecular formula is C29H33Cl3SiTi. The summed E-state index contributed by atoms with van der Waals surface area (Å²) in [5.74, 6) is 0.510. The third kappa shape index (κ3) is 6.23. The molecule has 0 bridgehead atoms. The van der Waals surface area contributed by atoms with E-state index in [1.165, 1.54) is 86.1 Å². The number of benzene rings is 3. The molecule has 2 radical (unpaired) electrons. The molecule has 0 N–H and O–H groups in total. The predicted molar refractivity (Wildman–Crippen MR) is 132 cm³/mol. The van der Waals surface area contributed by atoms with E-state index in [2.05, 4.69) is 84.0 Å². The van der Waals surface area contributed by atoms with Gasteiger partial charge in [0.05, 0.1) is 9.52 Å². The van der Waals surface area contributed by atoms with Crippen LogP contribution in [-0.2, 0) is 21.7 Å². The van der Waals surface area contributed by atoms with Gasteiger partial charge in [-0.2, -0.15) is 23.4 Å². The maximum atomic E-state index is 3.92. The zero-order valence-corrected chi connectivity index (χ0v) is 25.8. The van der Waals surface area contributed by atoms with Crippen molar-refractivity contribution in [1.29, 1.82) is 0 Å². The molecule has 0 saturated heterocycles. The van der Waals surface area contributed by atoms with Gasteiger partial charge in [0.1, 0.15) is 0 Å². The van der Waals surface area contributed by atoms with Gasteiger partial charge < -0.3 is 37.2 Å². The summed E-state index contributed by atoms with van der Waals surface area (Å²) in [4.78, 5) is 0. The van der Waals surface area contributed by atoms with Gasteiger partial charge in [0.15, 0.2) is 0 Å². The number of rotatable bonds is 6. The van der Waals surface area contributed by atoms with Gasteiger partial charge in [-0.25, -0.2) is 0 Å². The van der Waals surface area contributed by atoms with Crippen molar-refractivity contribution in [3.8, 4) is 11.1 Å². The van der Waals surface area contributed by atoms with E-state index in [9.17, 15) is 0 Å². The van der Waals surface area contributed by atoms with Gasteiger partial charge in [0.2, 0.25) is 0 Å². The first kappa shape index (κ1) is 33.5. The second-order valence-corrected chi connectivity index (χ2v) is 10.2. The normalized spacial score (nSPS) is 12.9. The van der Waals surface area contributed by atoms with Gasteiger partial charge in [-0.15, -0.1) is 11.1 Å². The number of halogens is 3. The van der Waals surface area contributed by atoms with Gasteiger partial charge in [0, 0.05) is 0 Å². The molecule has 1 atom stereocenters. The minimum absolute atomic E-state index is 0. The van der Waals surface area contributed by atoms with Crippen LogP contribution in [0.4, 0.5) is 0 Å². The van der Waals surface area contributed by atoms with Gasteiger partial charge in [-0.05, 0) is 80.3 Å². The first-order valence-electron chi connectivity index (χ1n) is 11.4. The largest absolute Gasteiger partial charge is 4.00 e. The van der Waals surface area contributed by atoms with E-state index in [0.29, 0.717) is 15.4 Å². The Morgan fingerprint density at radius 1 is 0.735 bits per heavy atom. The van der Waals surface area contributed by atoms with Crippen molar-refractivity contribution < 1.29 is 58.9 Å². The van der Waals surface area contributed by atoms with Gasteiger partial charge >= 0.3 is 21.7 Å². The Hall–Kier alpha value is -0.539. The smallest absolute Gasteiger partial charge is 1.00 e. The zero-order chi connectivity index (χ0) is 21.4. The maximum absolute atomic E-state index is 3.92. The summed E-state index contributed by atoms with van der Waals surface area (Å²) in [5.41, 5.74) is 13.1. The van der Waals surface area contributed by atoms with E-state index in [4.69, 9.17) is 0 Å². The summed E-state index contributed by atoms with van der Waals surface area (Å²) < 4.78 is 0. The SMILES string of the molecule is CCCCCC1c2[c-]c([Si]c3c(C)c(C)c(C)c(C)c3C)ccc2-c2ccccc21.[Cl-].[Cl-].[Cl-].[Ti+4]. The molecule has 0 nitrogen and oxygen atoms in total.